The largest absolute Gasteiger partial charge is 0.459 e. The van der Waals surface area contributed by atoms with Crippen molar-refractivity contribution in [2.24, 2.45) is 0 Å². The summed E-state index contributed by atoms with van der Waals surface area (Å²) in [6.45, 7) is 0.385. The zero-order chi connectivity index (χ0) is 22.3. The molecule has 0 saturated carbocycles. The molecule has 8 heteroatoms. The maximum absolute atomic E-state index is 12.2. The van der Waals surface area contributed by atoms with Gasteiger partial charge in [-0.25, -0.2) is 4.98 Å². The second-order valence-electron chi connectivity index (χ2n) is 7.29. The van der Waals surface area contributed by atoms with Crippen molar-refractivity contribution in [1.29, 1.82) is 0 Å². The fraction of sp³-hybridized carbons (Fsp3) is 0.167. The summed E-state index contributed by atoms with van der Waals surface area (Å²) in [6, 6.07) is 17.6. The lowest BCUT2D eigenvalue weighted by Gasteiger charge is -2.07. The number of nitrogens with one attached hydrogen (secondary N) is 3. The van der Waals surface area contributed by atoms with E-state index in [9.17, 15) is 14.4 Å². The van der Waals surface area contributed by atoms with E-state index in [2.05, 4.69) is 20.6 Å². The molecule has 32 heavy (non-hydrogen) atoms. The van der Waals surface area contributed by atoms with Gasteiger partial charge in [0.25, 0.3) is 11.5 Å². The molecule has 0 bridgehead atoms. The highest BCUT2D eigenvalue weighted by molar-refractivity contribution is 6.02. The number of carbonyl (C=O) groups excluding carboxylic acids is 2. The number of hydrogen-bond donors (Lipinski definition) is 3. The highest BCUT2D eigenvalue weighted by atomic mass is 16.3. The summed E-state index contributed by atoms with van der Waals surface area (Å²) in [4.78, 5) is 43.5. The zero-order valence-corrected chi connectivity index (χ0v) is 17.3. The molecule has 3 N–H and O–H groups in total. The lowest BCUT2D eigenvalue weighted by Crippen LogP contribution is -2.22. The van der Waals surface area contributed by atoms with Crippen LogP contribution in [-0.2, 0) is 17.8 Å². The molecule has 0 radical (unpaired) electrons. The number of aromatic nitrogens is 2. The standard InChI is InChI=1S/C24H22N4O4/c29-22(9-3-8-21-27-19-6-2-1-5-18(19)23(30)28-21)25-15-16-10-12-17(13-11-16)26-24(31)20-7-4-14-32-20/h1-2,4-7,10-14H,3,8-9,15H2,(H,25,29)(H,26,31)(H,27,28,30). The number of nitrogens with zero attached hydrogens (tertiary/aromatic N) is 1. The third-order valence-electron chi connectivity index (χ3n) is 4.93. The van der Waals surface area contributed by atoms with Crippen molar-refractivity contribution in [2.45, 2.75) is 25.8 Å². The summed E-state index contributed by atoms with van der Waals surface area (Å²) in [6.07, 6.45) is 2.86. The van der Waals surface area contributed by atoms with Gasteiger partial charge in [-0.1, -0.05) is 24.3 Å². The second kappa shape index (κ2) is 9.74. The van der Waals surface area contributed by atoms with Crippen LogP contribution in [0.25, 0.3) is 10.9 Å². The smallest absolute Gasteiger partial charge is 0.291 e. The fourth-order valence-corrected chi connectivity index (χ4v) is 3.27. The van der Waals surface area contributed by atoms with Crippen LogP contribution in [0, 0.1) is 0 Å². The Hall–Kier alpha value is -4.20. The molecule has 0 unspecified atom stereocenters. The van der Waals surface area contributed by atoms with Crippen LogP contribution < -0.4 is 16.2 Å². The minimum Gasteiger partial charge on any atom is -0.459 e. The molecule has 0 atom stereocenters. The van der Waals surface area contributed by atoms with E-state index in [1.807, 2.05) is 18.2 Å². The molecule has 0 fully saturated rings. The van der Waals surface area contributed by atoms with Crippen molar-refractivity contribution in [3.8, 4) is 0 Å². The Bertz CT molecular complexity index is 1280. The van der Waals surface area contributed by atoms with Crippen LogP contribution in [0.3, 0.4) is 0 Å². The van der Waals surface area contributed by atoms with Crippen molar-refractivity contribution < 1.29 is 14.0 Å². The molecule has 8 nitrogen and oxygen atoms in total. The summed E-state index contributed by atoms with van der Waals surface area (Å²) < 4.78 is 5.06. The number of anilines is 1. The van der Waals surface area contributed by atoms with Gasteiger partial charge >= 0.3 is 0 Å². The maximum atomic E-state index is 12.2. The third kappa shape index (κ3) is 5.28. The van der Waals surface area contributed by atoms with Crippen LogP contribution in [0.15, 0.2) is 76.1 Å². The van der Waals surface area contributed by atoms with Gasteiger partial charge in [0.05, 0.1) is 17.2 Å². The number of amides is 2. The first kappa shape index (κ1) is 21.0. The van der Waals surface area contributed by atoms with Crippen molar-refractivity contribution in [3.05, 3.63) is 94.4 Å². The van der Waals surface area contributed by atoms with Gasteiger partial charge in [0.1, 0.15) is 5.82 Å². The molecule has 2 aromatic carbocycles. The molecule has 0 saturated heterocycles. The van der Waals surface area contributed by atoms with Crippen molar-refractivity contribution in [2.75, 3.05) is 5.32 Å². The number of benzene rings is 2. The highest BCUT2D eigenvalue weighted by Gasteiger charge is 2.09. The molecule has 0 aliphatic heterocycles. The van der Waals surface area contributed by atoms with E-state index in [0.717, 1.165) is 5.56 Å². The van der Waals surface area contributed by atoms with Crippen LogP contribution in [0.5, 0.6) is 0 Å². The number of H-pyrrole nitrogens is 1. The van der Waals surface area contributed by atoms with Gasteiger partial charge in [-0.15, -0.1) is 0 Å². The molecule has 2 amide bonds. The number of carbonyl (C=O) groups is 2. The van der Waals surface area contributed by atoms with Crippen LogP contribution in [0.1, 0.15) is 34.8 Å². The topological polar surface area (TPSA) is 117 Å². The van der Waals surface area contributed by atoms with Gasteiger partial charge in [0.2, 0.25) is 5.91 Å². The number of para-hydroxylation sites is 1. The normalized spacial score (nSPS) is 10.8. The van der Waals surface area contributed by atoms with Crippen molar-refractivity contribution in [1.82, 2.24) is 15.3 Å². The molecule has 0 aliphatic rings. The van der Waals surface area contributed by atoms with Gasteiger partial charge in [-0.2, -0.15) is 0 Å². The molecule has 0 aliphatic carbocycles. The Kier molecular flexibility index (Phi) is 6.41. The van der Waals surface area contributed by atoms with Crippen molar-refractivity contribution >= 4 is 28.4 Å². The summed E-state index contributed by atoms with van der Waals surface area (Å²) >= 11 is 0. The van der Waals surface area contributed by atoms with E-state index < -0.39 is 0 Å². The molecule has 4 aromatic rings. The first-order chi connectivity index (χ1) is 15.6. The van der Waals surface area contributed by atoms with Crippen LogP contribution >= 0.6 is 0 Å². The first-order valence-electron chi connectivity index (χ1n) is 10.3. The predicted octanol–water partition coefficient (Wildman–Crippen LogP) is 3.41. The van der Waals surface area contributed by atoms with E-state index >= 15 is 0 Å². The van der Waals surface area contributed by atoms with Gasteiger partial charge in [-0.05, 0) is 48.4 Å². The number of aromatic amines is 1. The number of fused-ring (bicyclic) bond motifs is 1. The Balaban J connectivity index is 1.22. The maximum Gasteiger partial charge on any atom is 0.291 e. The second-order valence-corrected chi connectivity index (χ2v) is 7.29. The molecule has 2 heterocycles. The fourth-order valence-electron chi connectivity index (χ4n) is 3.27. The molecular formula is C24H22N4O4. The quantitative estimate of drug-likeness (QED) is 0.396. The number of rotatable bonds is 8. The predicted molar refractivity (Wildman–Crippen MR) is 120 cm³/mol. The van der Waals surface area contributed by atoms with Gasteiger partial charge in [-0.3, -0.25) is 14.4 Å². The van der Waals surface area contributed by atoms with E-state index in [1.54, 1.807) is 42.5 Å². The van der Waals surface area contributed by atoms with E-state index in [1.165, 1.54) is 6.26 Å². The molecule has 0 spiro atoms. The first-order valence-corrected chi connectivity index (χ1v) is 10.3. The van der Waals surface area contributed by atoms with Crippen LogP contribution in [0.2, 0.25) is 0 Å². The van der Waals surface area contributed by atoms with E-state index in [4.69, 9.17) is 4.42 Å². The Morgan fingerprint density at radius 2 is 1.81 bits per heavy atom. The minimum absolute atomic E-state index is 0.0802. The third-order valence-corrected chi connectivity index (χ3v) is 4.93. The Morgan fingerprint density at radius 3 is 2.59 bits per heavy atom. The summed E-state index contributed by atoms with van der Waals surface area (Å²) in [7, 11) is 0. The van der Waals surface area contributed by atoms with Gasteiger partial charge < -0.3 is 20.0 Å². The van der Waals surface area contributed by atoms with E-state index in [-0.39, 0.29) is 23.1 Å². The lowest BCUT2D eigenvalue weighted by atomic mass is 10.2. The van der Waals surface area contributed by atoms with Gasteiger partial charge in [0.15, 0.2) is 5.76 Å². The van der Waals surface area contributed by atoms with Crippen LogP contribution in [-0.4, -0.2) is 21.8 Å². The summed E-state index contributed by atoms with van der Waals surface area (Å²) in [5.41, 5.74) is 2.03. The Labute approximate surface area is 183 Å². The number of hydrogen-bond acceptors (Lipinski definition) is 5. The molecule has 162 valence electrons. The molecule has 4 rings (SSSR count). The van der Waals surface area contributed by atoms with E-state index in [0.29, 0.717) is 48.2 Å². The zero-order valence-electron chi connectivity index (χ0n) is 17.3. The SMILES string of the molecule is O=C(CCCc1nc2ccccc2c(=O)[nH]1)NCc1ccc(NC(=O)c2ccco2)cc1. The molecular weight excluding hydrogens is 408 g/mol. The molecule has 2 aromatic heterocycles. The lowest BCUT2D eigenvalue weighted by molar-refractivity contribution is -0.121. The minimum atomic E-state index is -0.321. The number of furan rings is 1. The number of aryl methyl sites for hydroxylation is 1. The summed E-state index contributed by atoms with van der Waals surface area (Å²) in [5.74, 6) is 0.416. The highest BCUT2D eigenvalue weighted by Crippen LogP contribution is 2.12. The average Bonchev–Trinajstić information content (AvgIpc) is 3.34. The average molecular weight is 430 g/mol. The monoisotopic (exact) mass is 430 g/mol. The summed E-state index contributed by atoms with van der Waals surface area (Å²) in [5, 5.41) is 6.17. The van der Waals surface area contributed by atoms with Crippen LogP contribution in [0.4, 0.5) is 5.69 Å². The van der Waals surface area contributed by atoms with Crippen molar-refractivity contribution in [3.63, 3.8) is 0 Å². The Morgan fingerprint density at radius 1 is 1.00 bits per heavy atom. The van der Waals surface area contributed by atoms with Gasteiger partial charge in [0, 0.05) is 25.1 Å².